The van der Waals surface area contributed by atoms with Crippen molar-refractivity contribution in [2.45, 2.75) is 38.1 Å². The number of nitrogens with one attached hydrogen (secondary N) is 1. The first kappa shape index (κ1) is 10.7. The van der Waals surface area contributed by atoms with Gasteiger partial charge in [-0.2, -0.15) is 0 Å². The van der Waals surface area contributed by atoms with Crippen molar-refractivity contribution in [3.8, 4) is 0 Å². The van der Waals surface area contributed by atoms with Gasteiger partial charge in [0.05, 0.1) is 12.5 Å². The molecule has 0 spiro atoms. The molecule has 1 atom stereocenters. The summed E-state index contributed by atoms with van der Waals surface area (Å²) in [6.07, 6.45) is 1.76. The summed E-state index contributed by atoms with van der Waals surface area (Å²) in [5.41, 5.74) is 0. The van der Waals surface area contributed by atoms with Crippen molar-refractivity contribution < 1.29 is 19.5 Å². The summed E-state index contributed by atoms with van der Waals surface area (Å²) in [4.78, 5) is 32.4. The van der Waals surface area contributed by atoms with Gasteiger partial charge in [0.1, 0.15) is 0 Å². The van der Waals surface area contributed by atoms with Crippen molar-refractivity contribution in [3.63, 3.8) is 0 Å². The van der Waals surface area contributed by atoms with Crippen LogP contribution in [0.25, 0.3) is 0 Å². The van der Waals surface area contributed by atoms with Crippen LogP contribution in [0, 0.1) is 0 Å². The smallest absolute Gasteiger partial charge is 0.303 e. The highest BCUT2D eigenvalue weighted by Crippen LogP contribution is 2.14. The molecule has 0 aliphatic heterocycles. The zero-order chi connectivity index (χ0) is 10.6. The first-order chi connectivity index (χ1) is 6.59. The fourth-order valence-electron chi connectivity index (χ4n) is 1.46. The SMILES string of the molecule is O=C(O)CCC(=O)NC1CCCC1=O. The van der Waals surface area contributed by atoms with Gasteiger partial charge in [0.15, 0.2) is 5.78 Å². The maximum Gasteiger partial charge on any atom is 0.303 e. The lowest BCUT2D eigenvalue weighted by atomic mass is 10.2. The van der Waals surface area contributed by atoms with Crippen LogP contribution in [0.3, 0.4) is 0 Å². The maximum atomic E-state index is 11.1. The van der Waals surface area contributed by atoms with Crippen LogP contribution in [-0.4, -0.2) is 28.8 Å². The molecule has 1 rings (SSSR count). The molecule has 0 radical (unpaired) electrons. The molecule has 0 saturated heterocycles. The van der Waals surface area contributed by atoms with E-state index in [0.29, 0.717) is 12.8 Å². The largest absolute Gasteiger partial charge is 0.481 e. The van der Waals surface area contributed by atoms with E-state index < -0.39 is 5.97 Å². The number of ketones is 1. The van der Waals surface area contributed by atoms with Gasteiger partial charge >= 0.3 is 5.97 Å². The van der Waals surface area contributed by atoms with Gasteiger partial charge in [-0.15, -0.1) is 0 Å². The second-order valence-electron chi connectivity index (χ2n) is 3.37. The third-order valence-corrected chi connectivity index (χ3v) is 2.21. The molecule has 1 unspecified atom stereocenters. The van der Waals surface area contributed by atoms with Crippen molar-refractivity contribution in [1.82, 2.24) is 5.32 Å². The van der Waals surface area contributed by atoms with Crippen LogP contribution < -0.4 is 5.32 Å². The summed E-state index contributed by atoms with van der Waals surface area (Å²) < 4.78 is 0. The van der Waals surface area contributed by atoms with Gasteiger partial charge in [-0.25, -0.2) is 0 Å². The van der Waals surface area contributed by atoms with Crippen LogP contribution in [0.15, 0.2) is 0 Å². The van der Waals surface area contributed by atoms with Gasteiger partial charge < -0.3 is 10.4 Å². The molecule has 0 bridgehead atoms. The second-order valence-corrected chi connectivity index (χ2v) is 3.37. The summed E-state index contributed by atoms with van der Waals surface area (Å²) in [7, 11) is 0. The number of aliphatic carboxylic acids is 1. The van der Waals surface area contributed by atoms with Crippen molar-refractivity contribution in [1.29, 1.82) is 0 Å². The summed E-state index contributed by atoms with van der Waals surface area (Å²) >= 11 is 0. The molecule has 1 aliphatic rings. The predicted octanol–water partition coefficient (Wildman–Crippen LogP) is 0.0890. The molecule has 14 heavy (non-hydrogen) atoms. The molecule has 1 amide bonds. The Bertz CT molecular complexity index is 262. The molecule has 1 saturated carbocycles. The summed E-state index contributed by atoms with van der Waals surface area (Å²) in [5.74, 6) is -1.31. The topological polar surface area (TPSA) is 83.5 Å². The number of hydrogen-bond acceptors (Lipinski definition) is 3. The van der Waals surface area contributed by atoms with E-state index in [1.54, 1.807) is 0 Å². The lowest BCUT2D eigenvalue weighted by Crippen LogP contribution is -2.37. The van der Waals surface area contributed by atoms with Gasteiger partial charge in [0.2, 0.25) is 5.91 Å². The lowest BCUT2D eigenvalue weighted by Gasteiger charge is -2.09. The Hall–Kier alpha value is -1.39. The third-order valence-electron chi connectivity index (χ3n) is 2.21. The Morgan fingerprint density at radius 2 is 2.14 bits per heavy atom. The van der Waals surface area contributed by atoms with Gasteiger partial charge in [0, 0.05) is 12.8 Å². The molecular weight excluding hydrogens is 186 g/mol. The Morgan fingerprint density at radius 1 is 1.43 bits per heavy atom. The lowest BCUT2D eigenvalue weighted by molar-refractivity contribution is -0.139. The first-order valence-corrected chi connectivity index (χ1v) is 4.63. The van der Waals surface area contributed by atoms with Gasteiger partial charge in [-0.05, 0) is 12.8 Å². The molecule has 1 fully saturated rings. The van der Waals surface area contributed by atoms with Crippen molar-refractivity contribution >= 4 is 17.7 Å². The third kappa shape index (κ3) is 3.16. The minimum absolute atomic E-state index is 0.0497. The Morgan fingerprint density at radius 3 is 2.64 bits per heavy atom. The fraction of sp³-hybridized carbons (Fsp3) is 0.667. The van der Waals surface area contributed by atoms with Crippen LogP contribution in [0.5, 0.6) is 0 Å². The molecule has 0 aromatic rings. The summed E-state index contributed by atoms with van der Waals surface area (Å²) in [5, 5.41) is 10.9. The minimum Gasteiger partial charge on any atom is -0.481 e. The van der Waals surface area contributed by atoms with Crippen LogP contribution in [0.2, 0.25) is 0 Å². The van der Waals surface area contributed by atoms with E-state index in [4.69, 9.17) is 5.11 Å². The zero-order valence-electron chi connectivity index (χ0n) is 7.78. The Balaban J connectivity index is 2.26. The molecule has 0 aromatic carbocycles. The maximum absolute atomic E-state index is 11.1. The normalized spacial score (nSPS) is 20.9. The Kier molecular flexibility index (Phi) is 3.62. The Labute approximate surface area is 81.5 Å². The molecule has 5 heteroatoms. The minimum atomic E-state index is -1.00. The van der Waals surface area contributed by atoms with E-state index in [9.17, 15) is 14.4 Å². The number of amides is 1. The number of carboxylic acid groups (broad SMARTS) is 1. The summed E-state index contributed by atoms with van der Waals surface area (Å²) in [6.45, 7) is 0. The molecule has 2 N–H and O–H groups in total. The number of Topliss-reactive ketones (excluding diaryl/α,β-unsaturated/α-hetero) is 1. The molecular formula is C9H13NO4. The number of rotatable bonds is 4. The summed E-state index contributed by atoms with van der Waals surface area (Å²) in [6, 6.07) is -0.378. The van der Waals surface area contributed by atoms with Gasteiger partial charge in [-0.3, -0.25) is 14.4 Å². The quantitative estimate of drug-likeness (QED) is 0.672. The van der Waals surface area contributed by atoms with E-state index in [1.807, 2.05) is 0 Å². The van der Waals surface area contributed by atoms with E-state index in [0.717, 1.165) is 6.42 Å². The van der Waals surface area contributed by atoms with Crippen LogP contribution in [-0.2, 0) is 14.4 Å². The van der Waals surface area contributed by atoms with Crippen LogP contribution in [0.1, 0.15) is 32.1 Å². The highest BCUT2D eigenvalue weighted by molar-refractivity contribution is 5.91. The van der Waals surface area contributed by atoms with Crippen molar-refractivity contribution in [2.75, 3.05) is 0 Å². The molecule has 0 heterocycles. The van der Waals surface area contributed by atoms with Crippen molar-refractivity contribution in [3.05, 3.63) is 0 Å². The van der Waals surface area contributed by atoms with E-state index in [-0.39, 0.29) is 30.6 Å². The molecule has 0 aromatic heterocycles. The number of carbonyl (C=O) groups excluding carboxylic acids is 2. The number of carbonyl (C=O) groups is 3. The average Bonchev–Trinajstić information content (AvgIpc) is 2.49. The van der Waals surface area contributed by atoms with Gasteiger partial charge in [-0.1, -0.05) is 0 Å². The monoisotopic (exact) mass is 199 g/mol. The molecule has 78 valence electrons. The molecule has 1 aliphatic carbocycles. The van der Waals surface area contributed by atoms with Gasteiger partial charge in [0.25, 0.3) is 0 Å². The second kappa shape index (κ2) is 4.74. The van der Waals surface area contributed by atoms with Crippen LogP contribution in [0.4, 0.5) is 0 Å². The van der Waals surface area contributed by atoms with Crippen LogP contribution >= 0.6 is 0 Å². The number of hydrogen-bond donors (Lipinski definition) is 2. The average molecular weight is 199 g/mol. The molecule has 5 nitrogen and oxygen atoms in total. The first-order valence-electron chi connectivity index (χ1n) is 4.63. The van der Waals surface area contributed by atoms with Crippen molar-refractivity contribution in [2.24, 2.45) is 0 Å². The highest BCUT2D eigenvalue weighted by atomic mass is 16.4. The highest BCUT2D eigenvalue weighted by Gasteiger charge is 2.25. The standard InChI is InChI=1S/C9H13NO4/c11-7-3-1-2-6(7)10-8(12)4-5-9(13)14/h6H,1-5H2,(H,10,12)(H,13,14). The fourth-order valence-corrected chi connectivity index (χ4v) is 1.46. The van der Waals surface area contributed by atoms with E-state index >= 15 is 0 Å². The van der Waals surface area contributed by atoms with E-state index in [2.05, 4.69) is 5.32 Å². The number of carboxylic acids is 1. The zero-order valence-corrected chi connectivity index (χ0v) is 7.78. The van der Waals surface area contributed by atoms with E-state index in [1.165, 1.54) is 0 Å². The predicted molar refractivity (Wildman–Crippen MR) is 47.7 cm³/mol.